The van der Waals surface area contributed by atoms with Gasteiger partial charge in [-0.2, -0.15) is 8.42 Å². The van der Waals surface area contributed by atoms with Gasteiger partial charge in [-0.25, -0.2) is 0 Å². The molecule has 1 saturated heterocycles. The molecule has 0 bridgehead atoms. The molecule has 7 heteroatoms. The van der Waals surface area contributed by atoms with E-state index in [-0.39, 0.29) is 18.2 Å². The first-order chi connectivity index (χ1) is 12.4. The molecular weight excluding hydrogens is 356 g/mol. The van der Waals surface area contributed by atoms with E-state index in [4.69, 9.17) is 4.74 Å². The zero-order valence-corrected chi connectivity index (χ0v) is 17.1. The molecule has 0 saturated carbocycles. The second kappa shape index (κ2) is 12.7. The van der Waals surface area contributed by atoms with Gasteiger partial charge in [0.2, 0.25) is 0 Å². The largest absolute Gasteiger partial charge is 0.469 e. The standard InChI is InChI=1S/C19H36O6S/c1-3-4-5-7-11-14-17(26(21,22)23)19-16(25-19)13-10-8-6-9-12-15-18(20)24-2/h16-17,19H,3-15H2,1-2H3,(H,21,22,23). The Bertz CT molecular complexity index is 490. The normalized spacial score (nSPS) is 20.7. The van der Waals surface area contributed by atoms with Gasteiger partial charge in [0, 0.05) is 6.42 Å². The summed E-state index contributed by atoms with van der Waals surface area (Å²) in [6.07, 6.45) is 11.6. The Balaban J connectivity index is 2.15. The molecule has 1 rings (SSSR count). The van der Waals surface area contributed by atoms with Crippen LogP contribution in [-0.2, 0) is 24.4 Å². The zero-order chi connectivity index (χ0) is 19.4. The van der Waals surface area contributed by atoms with Crippen molar-refractivity contribution in [2.24, 2.45) is 0 Å². The molecule has 1 fully saturated rings. The summed E-state index contributed by atoms with van der Waals surface area (Å²) in [6.45, 7) is 2.14. The monoisotopic (exact) mass is 392 g/mol. The van der Waals surface area contributed by atoms with Gasteiger partial charge in [0.25, 0.3) is 10.1 Å². The highest BCUT2D eigenvalue weighted by atomic mass is 32.2. The van der Waals surface area contributed by atoms with Crippen molar-refractivity contribution in [2.45, 2.75) is 108 Å². The molecule has 0 aliphatic carbocycles. The first-order valence-corrected chi connectivity index (χ1v) is 11.6. The van der Waals surface area contributed by atoms with Gasteiger partial charge in [-0.15, -0.1) is 0 Å². The lowest BCUT2D eigenvalue weighted by Crippen LogP contribution is -2.27. The molecule has 26 heavy (non-hydrogen) atoms. The topological polar surface area (TPSA) is 93.2 Å². The highest BCUT2D eigenvalue weighted by Gasteiger charge is 2.48. The second-order valence-corrected chi connectivity index (χ2v) is 8.91. The molecule has 6 nitrogen and oxygen atoms in total. The third-order valence-electron chi connectivity index (χ3n) is 5.06. The van der Waals surface area contributed by atoms with Crippen molar-refractivity contribution in [1.82, 2.24) is 0 Å². The minimum Gasteiger partial charge on any atom is -0.469 e. The fourth-order valence-electron chi connectivity index (χ4n) is 3.39. The molecule has 1 aliphatic heterocycles. The predicted octanol–water partition coefficient (Wildman–Crippen LogP) is 4.27. The van der Waals surface area contributed by atoms with E-state index in [0.29, 0.717) is 12.8 Å². The van der Waals surface area contributed by atoms with Gasteiger partial charge in [0.05, 0.1) is 13.2 Å². The van der Waals surface area contributed by atoms with E-state index in [9.17, 15) is 17.8 Å². The van der Waals surface area contributed by atoms with Crippen molar-refractivity contribution in [1.29, 1.82) is 0 Å². The van der Waals surface area contributed by atoms with Gasteiger partial charge >= 0.3 is 5.97 Å². The fraction of sp³-hybridized carbons (Fsp3) is 0.947. The average molecular weight is 393 g/mol. The summed E-state index contributed by atoms with van der Waals surface area (Å²) in [5.41, 5.74) is 0. The highest BCUT2D eigenvalue weighted by molar-refractivity contribution is 7.86. The van der Waals surface area contributed by atoms with E-state index in [1.807, 2.05) is 0 Å². The maximum Gasteiger partial charge on any atom is 0.305 e. The molecule has 154 valence electrons. The van der Waals surface area contributed by atoms with Crippen LogP contribution < -0.4 is 0 Å². The number of esters is 1. The van der Waals surface area contributed by atoms with Crippen LogP contribution in [-0.4, -0.2) is 43.5 Å². The maximum atomic E-state index is 11.6. The molecule has 1 aliphatic rings. The third kappa shape index (κ3) is 9.88. The van der Waals surface area contributed by atoms with E-state index in [1.165, 1.54) is 13.5 Å². The van der Waals surface area contributed by atoms with Crippen LogP contribution >= 0.6 is 0 Å². The number of hydrogen-bond acceptors (Lipinski definition) is 5. The summed E-state index contributed by atoms with van der Waals surface area (Å²) in [4.78, 5) is 11.0. The van der Waals surface area contributed by atoms with Gasteiger partial charge < -0.3 is 9.47 Å². The van der Waals surface area contributed by atoms with Crippen molar-refractivity contribution in [3.63, 3.8) is 0 Å². The average Bonchev–Trinajstić information content (AvgIpc) is 3.34. The molecule has 0 aromatic carbocycles. The van der Waals surface area contributed by atoms with E-state index in [1.54, 1.807) is 0 Å². The second-order valence-electron chi connectivity index (χ2n) is 7.28. The van der Waals surface area contributed by atoms with Crippen LogP contribution in [0.15, 0.2) is 0 Å². The Morgan fingerprint density at radius 1 is 1.04 bits per heavy atom. The molecule has 0 amide bonds. The van der Waals surface area contributed by atoms with Crippen LogP contribution in [0.4, 0.5) is 0 Å². The molecule has 0 aromatic rings. The summed E-state index contributed by atoms with van der Waals surface area (Å²) in [5.74, 6) is -0.162. The Hall–Kier alpha value is -0.660. The molecule has 0 spiro atoms. The lowest BCUT2D eigenvalue weighted by Gasteiger charge is -2.11. The molecule has 3 unspecified atom stereocenters. The van der Waals surface area contributed by atoms with Gasteiger partial charge in [-0.05, 0) is 19.3 Å². The van der Waals surface area contributed by atoms with Crippen molar-refractivity contribution < 1.29 is 27.2 Å². The Morgan fingerprint density at radius 3 is 2.31 bits per heavy atom. The molecule has 1 heterocycles. The van der Waals surface area contributed by atoms with Gasteiger partial charge in [-0.3, -0.25) is 9.35 Å². The fourth-order valence-corrected chi connectivity index (χ4v) is 4.44. The van der Waals surface area contributed by atoms with E-state index in [0.717, 1.165) is 64.2 Å². The van der Waals surface area contributed by atoms with E-state index < -0.39 is 15.4 Å². The van der Waals surface area contributed by atoms with Gasteiger partial charge in [-0.1, -0.05) is 64.7 Å². The van der Waals surface area contributed by atoms with Crippen LogP contribution in [0.5, 0.6) is 0 Å². The summed E-state index contributed by atoms with van der Waals surface area (Å²) < 4.78 is 42.9. The predicted molar refractivity (Wildman–Crippen MR) is 102 cm³/mol. The lowest BCUT2D eigenvalue weighted by atomic mass is 10.0. The first kappa shape index (κ1) is 23.4. The summed E-state index contributed by atoms with van der Waals surface area (Å²) in [7, 11) is -2.65. The number of epoxide rings is 1. The smallest absolute Gasteiger partial charge is 0.305 e. The van der Waals surface area contributed by atoms with Crippen LogP contribution in [0.1, 0.15) is 90.4 Å². The Labute approximate surface area is 158 Å². The van der Waals surface area contributed by atoms with Gasteiger partial charge in [0.1, 0.15) is 11.4 Å². The number of ether oxygens (including phenoxy) is 2. The number of rotatable bonds is 16. The summed E-state index contributed by atoms with van der Waals surface area (Å²) >= 11 is 0. The minimum absolute atomic E-state index is 0.0346. The zero-order valence-electron chi connectivity index (χ0n) is 16.3. The molecule has 3 atom stereocenters. The van der Waals surface area contributed by atoms with Crippen LogP contribution in [0, 0.1) is 0 Å². The number of methoxy groups -OCH3 is 1. The molecular formula is C19H36O6S. The number of unbranched alkanes of at least 4 members (excludes halogenated alkanes) is 8. The summed E-state index contributed by atoms with van der Waals surface area (Å²) in [6, 6.07) is 0. The van der Waals surface area contributed by atoms with Crippen molar-refractivity contribution in [3.05, 3.63) is 0 Å². The Morgan fingerprint density at radius 2 is 1.65 bits per heavy atom. The molecule has 1 N–H and O–H groups in total. The minimum atomic E-state index is -4.05. The van der Waals surface area contributed by atoms with Crippen molar-refractivity contribution in [3.8, 4) is 0 Å². The number of carbonyl (C=O) groups is 1. The quantitative estimate of drug-likeness (QED) is 0.182. The van der Waals surface area contributed by atoms with Crippen LogP contribution in [0.3, 0.4) is 0 Å². The SMILES string of the molecule is CCCCCCCC(C1OC1CCCCCCCC(=O)OC)S(=O)(=O)O. The van der Waals surface area contributed by atoms with Gasteiger partial charge in [0.15, 0.2) is 0 Å². The van der Waals surface area contributed by atoms with E-state index in [2.05, 4.69) is 11.7 Å². The maximum absolute atomic E-state index is 11.6. The molecule has 0 aromatic heterocycles. The number of carbonyl (C=O) groups excluding carboxylic acids is 1. The van der Waals surface area contributed by atoms with Crippen molar-refractivity contribution >= 4 is 16.1 Å². The van der Waals surface area contributed by atoms with Crippen LogP contribution in [0.25, 0.3) is 0 Å². The van der Waals surface area contributed by atoms with Crippen molar-refractivity contribution in [2.75, 3.05) is 7.11 Å². The van der Waals surface area contributed by atoms with E-state index >= 15 is 0 Å². The lowest BCUT2D eigenvalue weighted by molar-refractivity contribution is -0.140. The summed E-state index contributed by atoms with van der Waals surface area (Å²) in [5, 5.41) is -0.769. The third-order valence-corrected chi connectivity index (χ3v) is 6.33. The highest BCUT2D eigenvalue weighted by Crippen LogP contribution is 2.35. The van der Waals surface area contributed by atoms with Crippen LogP contribution in [0.2, 0.25) is 0 Å². The Kier molecular flexibility index (Phi) is 11.4. The first-order valence-electron chi connectivity index (χ1n) is 10.1. The molecule has 0 radical (unpaired) electrons. The number of hydrogen-bond donors (Lipinski definition) is 1.